The second kappa shape index (κ2) is 8.71. The lowest BCUT2D eigenvalue weighted by atomic mass is 10.1. The van der Waals surface area contributed by atoms with Crippen LogP contribution in [0.15, 0.2) is 48.5 Å². The Morgan fingerprint density at radius 3 is 2.37 bits per heavy atom. The molecule has 1 amide bonds. The molecule has 9 heteroatoms. The Morgan fingerprint density at radius 1 is 1.07 bits per heavy atom. The number of amides is 1. The molecule has 6 nitrogen and oxygen atoms in total. The Bertz CT molecular complexity index is 858. The van der Waals surface area contributed by atoms with E-state index < -0.39 is 30.6 Å². The number of nitrogens with one attached hydrogen (secondary N) is 1. The normalized spacial score (nSPS) is 10.6. The van der Waals surface area contributed by atoms with Gasteiger partial charge in [-0.05, 0) is 30.3 Å². The molecule has 0 fully saturated rings. The summed E-state index contributed by atoms with van der Waals surface area (Å²) < 4.78 is 45.8. The first-order chi connectivity index (χ1) is 12.8. The molecule has 2 aromatic rings. The van der Waals surface area contributed by atoms with Crippen molar-refractivity contribution in [2.24, 2.45) is 0 Å². The summed E-state index contributed by atoms with van der Waals surface area (Å²) in [7, 11) is 0. The zero-order valence-electron chi connectivity index (χ0n) is 13.7. The van der Waals surface area contributed by atoms with Gasteiger partial charge in [-0.25, -0.2) is 4.79 Å². The number of rotatable bonds is 6. The Hall–Kier alpha value is -3.54. The van der Waals surface area contributed by atoms with Gasteiger partial charge in [0.05, 0.1) is 17.2 Å². The predicted octanol–water partition coefficient (Wildman–Crippen LogP) is 2.93. The van der Waals surface area contributed by atoms with Crippen LogP contribution >= 0.6 is 0 Å². The van der Waals surface area contributed by atoms with Crippen molar-refractivity contribution in [3.63, 3.8) is 0 Å². The number of esters is 1. The third-order valence-corrected chi connectivity index (χ3v) is 3.26. The summed E-state index contributed by atoms with van der Waals surface area (Å²) in [6, 6.07) is 12.9. The molecule has 2 aromatic carbocycles. The number of alkyl halides is 3. The molecule has 0 saturated carbocycles. The van der Waals surface area contributed by atoms with Gasteiger partial charge in [0.1, 0.15) is 5.75 Å². The number of para-hydroxylation sites is 1. The third kappa shape index (κ3) is 6.36. The number of ether oxygens (including phenoxy) is 2. The number of hydrogen-bond donors (Lipinski definition) is 1. The van der Waals surface area contributed by atoms with E-state index in [1.807, 2.05) is 6.07 Å². The Labute approximate surface area is 152 Å². The monoisotopic (exact) mass is 378 g/mol. The number of carbonyl (C=O) groups is 2. The van der Waals surface area contributed by atoms with Crippen molar-refractivity contribution < 1.29 is 32.2 Å². The maximum absolute atomic E-state index is 12.4. The summed E-state index contributed by atoms with van der Waals surface area (Å²) in [5.41, 5.74) is 0.636. The van der Waals surface area contributed by atoms with E-state index in [1.165, 1.54) is 42.5 Å². The molecule has 0 radical (unpaired) electrons. The van der Waals surface area contributed by atoms with Crippen molar-refractivity contribution in [3.05, 3.63) is 65.2 Å². The van der Waals surface area contributed by atoms with Crippen LogP contribution in [-0.4, -0.2) is 24.8 Å². The quantitative estimate of drug-likeness (QED) is 0.781. The first-order valence-corrected chi connectivity index (χ1v) is 7.56. The van der Waals surface area contributed by atoms with Crippen molar-refractivity contribution in [2.45, 2.75) is 12.9 Å². The van der Waals surface area contributed by atoms with E-state index >= 15 is 0 Å². The number of benzene rings is 2. The van der Waals surface area contributed by atoms with Gasteiger partial charge in [0.2, 0.25) is 0 Å². The molecule has 140 valence electrons. The van der Waals surface area contributed by atoms with Gasteiger partial charge in [-0.2, -0.15) is 5.26 Å². The summed E-state index contributed by atoms with van der Waals surface area (Å²) in [6.45, 7) is -0.847. The molecule has 0 unspecified atom stereocenters. The molecule has 0 aliphatic carbocycles. The molecule has 0 saturated heterocycles. The highest BCUT2D eigenvalue weighted by Crippen LogP contribution is 2.26. The summed E-state index contributed by atoms with van der Waals surface area (Å²) in [6.07, 6.45) is -4.85. The van der Waals surface area contributed by atoms with Gasteiger partial charge < -0.3 is 14.8 Å². The molecular formula is C18H13F3N2O4. The van der Waals surface area contributed by atoms with E-state index in [4.69, 9.17) is 10.00 Å². The van der Waals surface area contributed by atoms with Gasteiger partial charge >= 0.3 is 12.3 Å². The molecule has 0 aliphatic heterocycles. The minimum absolute atomic E-state index is 0.113. The van der Waals surface area contributed by atoms with E-state index in [2.05, 4.69) is 10.1 Å². The second-order valence-corrected chi connectivity index (χ2v) is 5.20. The van der Waals surface area contributed by atoms with E-state index in [-0.39, 0.29) is 17.7 Å². The zero-order chi connectivity index (χ0) is 19.9. The highest BCUT2D eigenvalue weighted by atomic mass is 19.4. The maximum Gasteiger partial charge on any atom is 0.573 e. The van der Waals surface area contributed by atoms with Crippen LogP contribution in [0.4, 0.5) is 13.2 Å². The van der Waals surface area contributed by atoms with Crippen molar-refractivity contribution >= 4 is 11.9 Å². The number of nitrogens with zero attached hydrogens (tertiary/aromatic N) is 1. The smallest absolute Gasteiger partial charge is 0.452 e. The van der Waals surface area contributed by atoms with Crippen LogP contribution < -0.4 is 10.1 Å². The minimum atomic E-state index is -4.85. The average Bonchev–Trinajstić information content (AvgIpc) is 2.64. The summed E-state index contributed by atoms with van der Waals surface area (Å²) in [5.74, 6) is -1.89. The van der Waals surface area contributed by atoms with E-state index in [0.717, 1.165) is 6.07 Å². The molecule has 0 atom stereocenters. The van der Waals surface area contributed by atoms with Gasteiger partial charge in [-0.15, -0.1) is 13.2 Å². The van der Waals surface area contributed by atoms with Crippen LogP contribution in [0, 0.1) is 11.3 Å². The Kier molecular flexibility index (Phi) is 6.38. The van der Waals surface area contributed by atoms with Crippen molar-refractivity contribution in [2.75, 3.05) is 6.61 Å². The molecule has 0 heterocycles. The fourth-order valence-corrected chi connectivity index (χ4v) is 2.01. The number of hydrogen-bond acceptors (Lipinski definition) is 5. The fraction of sp³-hybridized carbons (Fsp3) is 0.167. The van der Waals surface area contributed by atoms with Gasteiger partial charge in [-0.1, -0.05) is 18.2 Å². The largest absolute Gasteiger partial charge is 0.573 e. The van der Waals surface area contributed by atoms with Crippen LogP contribution in [0.2, 0.25) is 0 Å². The highest BCUT2D eigenvalue weighted by molar-refractivity contribution is 5.91. The predicted molar refractivity (Wildman–Crippen MR) is 86.4 cm³/mol. The minimum Gasteiger partial charge on any atom is -0.452 e. The van der Waals surface area contributed by atoms with Gasteiger partial charge in [0, 0.05) is 12.1 Å². The van der Waals surface area contributed by atoms with Gasteiger partial charge in [-0.3, -0.25) is 4.79 Å². The van der Waals surface area contributed by atoms with Crippen LogP contribution in [0.1, 0.15) is 21.5 Å². The van der Waals surface area contributed by atoms with Crippen LogP contribution in [-0.2, 0) is 16.1 Å². The molecule has 0 spiro atoms. The Morgan fingerprint density at radius 2 is 1.74 bits per heavy atom. The highest BCUT2D eigenvalue weighted by Gasteiger charge is 2.31. The number of nitriles is 1. The van der Waals surface area contributed by atoms with Crippen molar-refractivity contribution in [1.29, 1.82) is 5.26 Å². The second-order valence-electron chi connectivity index (χ2n) is 5.20. The number of carbonyl (C=O) groups excluding carboxylic acids is 2. The van der Waals surface area contributed by atoms with Crippen LogP contribution in [0.3, 0.4) is 0 Å². The fourth-order valence-electron chi connectivity index (χ4n) is 2.01. The average molecular weight is 378 g/mol. The topological polar surface area (TPSA) is 88.4 Å². The van der Waals surface area contributed by atoms with E-state index in [0.29, 0.717) is 5.56 Å². The summed E-state index contributed by atoms with van der Waals surface area (Å²) in [5, 5.41) is 11.0. The van der Waals surface area contributed by atoms with Gasteiger partial charge in [0.25, 0.3) is 5.91 Å². The van der Waals surface area contributed by atoms with Crippen LogP contribution in [0.5, 0.6) is 5.75 Å². The third-order valence-electron chi connectivity index (χ3n) is 3.26. The van der Waals surface area contributed by atoms with Crippen LogP contribution in [0.25, 0.3) is 0 Å². The van der Waals surface area contributed by atoms with E-state index in [1.54, 1.807) is 0 Å². The molecule has 0 aromatic heterocycles. The van der Waals surface area contributed by atoms with Crippen molar-refractivity contribution in [1.82, 2.24) is 5.32 Å². The molecule has 0 bridgehead atoms. The molecule has 0 aliphatic rings. The van der Waals surface area contributed by atoms with E-state index in [9.17, 15) is 22.8 Å². The molecule has 1 N–H and O–H groups in total. The first kappa shape index (κ1) is 19.8. The lowest BCUT2D eigenvalue weighted by Crippen LogP contribution is -2.29. The standard InChI is InChI=1S/C18H13F3N2O4/c19-18(20,21)27-15-4-2-1-3-14(15)10-23-16(24)11-26-17(25)13-7-5-12(9-22)6-8-13/h1-8H,10-11H2,(H,23,24). The first-order valence-electron chi connectivity index (χ1n) is 7.56. The van der Waals surface area contributed by atoms with Gasteiger partial charge in [0.15, 0.2) is 6.61 Å². The lowest BCUT2D eigenvalue weighted by Gasteiger charge is -2.13. The lowest BCUT2D eigenvalue weighted by molar-refractivity contribution is -0.274. The molecule has 27 heavy (non-hydrogen) atoms. The zero-order valence-corrected chi connectivity index (χ0v) is 13.7. The Balaban J connectivity index is 1.86. The molecular weight excluding hydrogens is 365 g/mol. The van der Waals surface area contributed by atoms with Crippen molar-refractivity contribution in [3.8, 4) is 11.8 Å². The SMILES string of the molecule is N#Cc1ccc(C(=O)OCC(=O)NCc2ccccc2OC(F)(F)F)cc1. The molecule has 2 rings (SSSR count). The summed E-state index contributed by atoms with van der Waals surface area (Å²) >= 11 is 0. The maximum atomic E-state index is 12.4. The number of halogens is 3. The summed E-state index contributed by atoms with van der Waals surface area (Å²) in [4.78, 5) is 23.6.